The van der Waals surface area contributed by atoms with Crippen molar-refractivity contribution >= 4 is 5.78 Å². The molecule has 0 aliphatic carbocycles. The maximum absolute atomic E-state index is 12.3. The first-order valence-corrected chi connectivity index (χ1v) is 24.8. The summed E-state index contributed by atoms with van der Waals surface area (Å²) in [6, 6.07) is 0. The van der Waals surface area contributed by atoms with Crippen molar-refractivity contribution in [1.29, 1.82) is 0 Å². The lowest BCUT2D eigenvalue weighted by atomic mass is 10.0. The number of carbonyl (C=O) groups is 1. The van der Waals surface area contributed by atoms with E-state index in [1.54, 1.807) is 0 Å². The molecule has 0 aliphatic rings. The van der Waals surface area contributed by atoms with Gasteiger partial charge in [0, 0.05) is 12.8 Å². The lowest BCUT2D eigenvalue weighted by Gasteiger charge is -2.05. The molecule has 0 atom stereocenters. The fourth-order valence-electron chi connectivity index (χ4n) is 8.16. The summed E-state index contributed by atoms with van der Waals surface area (Å²) in [6.07, 6.45) is 65.8. The molecule has 0 aromatic heterocycles. The van der Waals surface area contributed by atoms with Crippen LogP contribution in [-0.4, -0.2) is 5.78 Å². The van der Waals surface area contributed by atoms with Gasteiger partial charge in [-0.25, -0.2) is 0 Å². The van der Waals surface area contributed by atoms with Crippen LogP contribution in [0.1, 0.15) is 316 Å². The van der Waals surface area contributed by atoms with E-state index in [0.29, 0.717) is 5.78 Å². The zero-order valence-electron chi connectivity index (χ0n) is 36.1. The molecule has 0 heterocycles. The van der Waals surface area contributed by atoms with Crippen molar-refractivity contribution in [3.63, 3.8) is 0 Å². The van der Waals surface area contributed by atoms with Crippen LogP contribution in [0, 0.1) is 0 Å². The Morgan fingerprint density at radius 1 is 0.196 bits per heavy atom. The molecule has 0 saturated heterocycles. The van der Waals surface area contributed by atoms with Crippen molar-refractivity contribution in [2.45, 2.75) is 316 Å². The van der Waals surface area contributed by atoms with E-state index in [1.807, 2.05) is 0 Å². The summed E-state index contributed by atoms with van der Waals surface area (Å²) in [5, 5.41) is 0. The van der Waals surface area contributed by atoms with Gasteiger partial charge in [0.1, 0.15) is 5.78 Å². The van der Waals surface area contributed by atoms with E-state index in [1.165, 1.54) is 276 Å². The zero-order valence-corrected chi connectivity index (χ0v) is 36.1. The Morgan fingerprint density at radius 2 is 0.314 bits per heavy atom. The topological polar surface area (TPSA) is 17.1 Å². The summed E-state index contributed by atoms with van der Waals surface area (Å²) in [6.45, 7) is 4.61. The number of unbranched alkanes of at least 4 members (excludes halogenated alkanes) is 43. The molecular formula is C50H100O. The molecule has 0 saturated carbocycles. The molecule has 1 nitrogen and oxygen atoms in total. The highest BCUT2D eigenvalue weighted by molar-refractivity contribution is 5.78. The summed E-state index contributed by atoms with van der Waals surface area (Å²) >= 11 is 0. The zero-order chi connectivity index (χ0) is 36.8. The van der Waals surface area contributed by atoms with Gasteiger partial charge in [-0.2, -0.15) is 0 Å². The van der Waals surface area contributed by atoms with Gasteiger partial charge in [-0.1, -0.05) is 290 Å². The SMILES string of the molecule is CCCCCCCCCCCCCCCCCCCCCCCCCCC(=O)CCCCCCCCCCCCCCCCCCCCCCC. The van der Waals surface area contributed by atoms with Gasteiger partial charge in [-0.05, 0) is 12.8 Å². The van der Waals surface area contributed by atoms with Crippen molar-refractivity contribution in [3.05, 3.63) is 0 Å². The monoisotopic (exact) mass is 717 g/mol. The number of ketones is 1. The van der Waals surface area contributed by atoms with Crippen molar-refractivity contribution in [2.75, 3.05) is 0 Å². The molecule has 0 aliphatic heterocycles. The normalized spacial score (nSPS) is 11.6. The number of carbonyl (C=O) groups excluding carboxylic acids is 1. The van der Waals surface area contributed by atoms with Gasteiger partial charge in [0.05, 0.1) is 0 Å². The van der Waals surface area contributed by atoms with E-state index < -0.39 is 0 Å². The Hall–Kier alpha value is -0.330. The number of hydrogen-bond acceptors (Lipinski definition) is 1. The Labute approximate surface area is 325 Å². The average Bonchev–Trinajstić information content (AvgIpc) is 3.14. The second kappa shape index (κ2) is 47.7. The van der Waals surface area contributed by atoms with Gasteiger partial charge >= 0.3 is 0 Å². The molecule has 0 unspecified atom stereocenters. The first kappa shape index (κ1) is 50.7. The molecule has 0 amide bonds. The van der Waals surface area contributed by atoms with Crippen LogP contribution >= 0.6 is 0 Å². The lowest BCUT2D eigenvalue weighted by Crippen LogP contribution is -1.97. The molecule has 0 aromatic carbocycles. The second-order valence-electron chi connectivity index (χ2n) is 17.2. The van der Waals surface area contributed by atoms with Crippen LogP contribution in [0.5, 0.6) is 0 Å². The van der Waals surface area contributed by atoms with Crippen LogP contribution in [-0.2, 0) is 4.79 Å². The van der Waals surface area contributed by atoms with Crippen LogP contribution in [0.25, 0.3) is 0 Å². The highest BCUT2D eigenvalue weighted by Gasteiger charge is 2.03. The van der Waals surface area contributed by atoms with Gasteiger partial charge in [-0.3, -0.25) is 4.79 Å². The van der Waals surface area contributed by atoms with E-state index >= 15 is 0 Å². The van der Waals surface area contributed by atoms with Gasteiger partial charge in [0.15, 0.2) is 0 Å². The van der Waals surface area contributed by atoms with Crippen molar-refractivity contribution in [3.8, 4) is 0 Å². The van der Waals surface area contributed by atoms with Gasteiger partial charge in [0.2, 0.25) is 0 Å². The quantitative estimate of drug-likeness (QED) is 0.0573. The molecule has 0 rings (SSSR count). The van der Waals surface area contributed by atoms with Crippen LogP contribution in [0.3, 0.4) is 0 Å². The molecule has 0 radical (unpaired) electrons. The third-order valence-corrected chi connectivity index (χ3v) is 11.9. The number of hydrogen-bond donors (Lipinski definition) is 0. The molecule has 306 valence electrons. The van der Waals surface area contributed by atoms with Gasteiger partial charge in [-0.15, -0.1) is 0 Å². The number of Topliss-reactive ketones (excluding diaryl/α,β-unsaturated/α-hetero) is 1. The standard InChI is InChI=1S/C50H100O/c1-3-5-7-9-11-13-15-17-19-21-23-25-26-27-29-31-33-35-37-39-41-43-45-47-49-50(51)48-46-44-42-40-38-36-34-32-30-28-24-22-20-18-16-14-12-10-8-6-4-2/h3-49H2,1-2H3. The highest BCUT2D eigenvalue weighted by Crippen LogP contribution is 2.18. The minimum absolute atomic E-state index is 0.534. The fraction of sp³-hybridized carbons (Fsp3) is 0.980. The summed E-state index contributed by atoms with van der Waals surface area (Å²) in [5.41, 5.74) is 0. The minimum atomic E-state index is 0.534. The molecule has 0 N–H and O–H groups in total. The predicted octanol–water partition coefficient (Wildman–Crippen LogP) is 18.9. The van der Waals surface area contributed by atoms with E-state index in [-0.39, 0.29) is 0 Å². The van der Waals surface area contributed by atoms with Crippen molar-refractivity contribution < 1.29 is 4.79 Å². The minimum Gasteiger partial charge on any atom is -0.300 e. The first-order valence-electron chi connectivity index (χ1n) is 24.8. The summed E-state index contributed by atoms with van der Waals surface area (Å²) < 4.78 is 0. The van der Waals surface area contributed by atoms with E-state index in [0.717, 1.165) is 25.7 Å². The molecule has 0 aromatic rings. The molecular weight excluding hydrogens is 617 g/mol. The fourth-order valence-corrected chi connectivity index (χ4v) is 8.16. The maximum Gasteiger partial charge on any atom is 0.132 e. The number of rotatable bonds is 47. The van der Waals surface area contributed by atoms with E-state index in [9.17, 15) is 4.79 Å². The Morgan fingerprint density at radius 3 is 0.451 bits per heavy atom. The third-order valence-electron chi connectivity index (χ3n) is 11.9. The summed E-state index contributed by atoms with van der Waals surface area (Å²) in [7, 11) is 0. The summed E-state index contributed by atoms with van der Waals surface area (Å²) in [4.78, 5) is 12.3. The van der Waals surface area contributed by atoms with Crippen LogP contribution in [0.4, 0.5) is 0 Å². The molecule has 0 fully saturated rings. The smallest absolute Gasteiger partial charge is 0.132 e. The van der Waals surface area contributed by atoms with Crippen LogP contribution in [0.2, 0.25) is 0 Å². The molecule has 0 bridgehead atoms. The van der Waals surface area contributed by atoms with Gasteiger partial charge in [0.25, 0.3) is 0 Å². The lowest BCUT2D eigenvalue weighted by molar-refractivity contribution is -0.119. The van der Waals surface area contributed by atoms with Crippen molar-refractivity contribution in [2.24, 2.45) is 0 Å². The molecule has 0 spiro atoms. The second-order valence-corrected chi connectivity index (χ2v) is 17.2. The van der Waals surface area contributed by atoms with Crippen LogP contribution in [0.15, 0.2) is 0 Å². The predicted molar refractivity (Wildman–Crippen MR) is 233 cm³/mol. The largest absolute Gasteiger partial charge is 0.300 e. The average molecular weight is 717 g/mol. The molecule has 51 heavy (non-hydrogen) atoms. The first-order chi connectivity index (χ1) is 25.3. The third kappa shape index (κ3) is 47.6. The van der Waals surface area contributed by atoms with Crippen molar-refractivity contribution in [1.82, 2.24) is 0 Å². The van der Waals surface area contributed by atoms with E-state index in [2.05, 4.69) is 13.8 Å². The molecule has 1 heteroatoms. The maximum atomic E-state index is 12.3. The van der Waals surface area contributed by atoms with Gasteiger partial charge < -0.3 is 0 Å². The van der Waals surface area contributed by atoms with E-state index in [4.69, 9.17) is 0 Å². The summed E-state index contributed by atoms with van der Waals surface area (Å²) in [5.74, 6) is 0.534. The van der Waals surface area contributed by atoms with Crippen LogP contribution < -0.4 is 0 Å². The highest BCUT2D eigenvalue weighted by atomic mass is 16.1. The Bertz CT molecular complexity index is 610. The Balaban J connectivity index is 3.14. The Kier molecular flexibility index (Phi) is 47.4.